The third-order valence-corrected chi connectivity index (χ3v) is 5.14. The van der Waals surface area contributed by atoms with Gasteiger partial charge in [0, 0.05) is 37.4 Å². The Hall–Kier alpha value is -2.05. The van der Waals surface area contributed by atoms with Crippen molar-refractivity contribution in [3.8, 4) is 11.5 Å². The third kappa shape index (κ3) is 6.47. The standard InChI is InChI=1S/C22H31ClN4O2/c1-15(2)14-29-20-12-17(5-6-19(20)28-4)13-27-9-7-18(8-10-27)25-21-11-16(3)24-22(23)26-21/h5-6,11-12,15,18H,7-10,13-14H2,1-4H3,(H,24,25,26). The Balaban J connectivity index is 1.54. The van der Waals surface area contributed by atoms with Gasteiger partial charge < -0.3 is 14.8 Å². The predicted molar refractivity (Wildman–Crippen MR) is 117 cm³/mol. The molecule has 2 aromatic rings. The van der Waals surface area contributed by atoms with Gasteiger partial charge in [0.1, 0.15) is 5.82 Å². The number of aryl methyl sites for hydroxylation is 1. The number of benzene rings is 1. The van der Waals surface area contributed by atoms with Gasteiger partial charge in [-0.2, -0.15) is 0 Å². The fraction of sp³-hybridized carbons (Fsp3) is 0.545. The van der Waals surface area contributed by atoms with Crippen LogP contribution in [-0.4, -0.2) is 47.7 Å². The molecule has 1 fully saturated rings. The molecule has 0 radical (unpaired) electrons. The molecule has 0 spiro atoms. The number of likely N-dealkylation sites (tertiary alicyclic amines) is 1. The summed E-state index contributed by atoms with van der Waals surface area (Å²) >= 11 is 5.97. The molecule has 0 amide bonds. The van der Waals surface area contributed by atoms with Crippen LogP contribution in [0.2, 0.25) is 5.28 Å². The van der Waals surface area contributed by atoms with Crippen LogP contribution in [0, 0.1) is 12.8 Å². The number of aromatic nitrogens is 2. The average molecular weight is 419 g/mol. The van der Waals surface area contributed by atoms with Crippen LogP contribution in [0.1, 0.15) is 37.9 Å². The van der Waals surface area contributed by atoms with Gasteiger partial charge in [0.2, 0.25) is 5.28 Å². The molecular formula is C22H31ClN4O2. The molecule has 0 saturated carbocycles. The van der Waals surface area contributed by atoms with Crippen LogP contribution in [0.15, 0.2) is 24.3 Å². The number of halogens is 1. The lowest BCUT2D eigenvalue weighted by Gasteiger charge is -2.32. The van der Waals surface area contributed by atoms with Gasteiger partial charge in [-0.25, -0.2) is 9.97 Å². The van der Waals surface area contributed by atoms with E-state index < -0.39 is 0 Å². The van der Waals surface area contributed by atoms with E-state index >= 15 is 0 Å². The fourth-order valence-electron chi connectivity index (χ4n) is 3.50. The van der Waals surface area contributed by atoms with Crippen LogP contribution in [0.3, 0.4) is 0 Å². The van der Waals surface area contributed by atoms with Gasteiger partial charge in [0.15, 0.2) is 11.5 Å². The third-order valence-electron chi connectivity index (χ3n) is 4.97. The summed E-state index contributed by atoms with van der Waals surface area (Å²) in [6.07, 6.45) is 2.13. The van der Waals surface area contributed by atoms with E-state index in [2.05, 4.69) is 46.2 Å². The zero-order valence-corrected chi connectivity index (χ0v) is 18.5. The second kappa shape index (κ2) is 10.1. The summed E-state index contributed by atoms with van der Waals surface area (Å²) < 4.78 is 11.4. The zero-order valence-electron chi connectivity index (χ0n) is 17.7. The van der Waals surface area contributed by atoms with Crippen molar-refractivity contribution in [1.29, 1.82) is 0 Å². The Labute approximate surface area is 178 Å². The summed E-state index contributed by atoms with van der Waals surface area (Å²) in [5.41, 5.74) is 2.12. The summed E-state index contributed by atoms with van der Waals surface area (Å²) in [6.45, 7) is 9.87. The Morgan fingerprint density at radius 3 is 2.59 bits per heavy atom. The van der Waals surface area contributed by atoms with E-state index in [0.717, 1.165) is 55.5 Å². The first kappa shape index (κ1) is 21.7. The van der Waals surface area contributed by atoms with Crippen LogP contribution in [-0.2, 0) is 6.54 Å². The summed E-state index contributed by atoms with van der Waals surface area (Å²) in [7, 11) is 1.68. The lowest BCUT2D eigenvalue weighted by molar-refractivity contribution is 0.210. The van der Waals surface area contributed by atoms with Gasteiger partial charge in [-0.15, -0.1) is 0 Å². The van der Waals surface area contributed by atoms with Crippen molar-refractivity contribution in [2.75, 3.05) is 32.1 Å². The Morgan fingerprint density at radius 1 is 1.17 bits per heavy atom. The molecule has 0 aliphatic carbocycles. The van der Waals surface area contributed by atoms with E-state index in [-0.39, 0.29) is 0 Å². The molecule has 1 saturated heterocycles. The normalized spacial score (nSPS) is 15.5. The lowest BCUT2D eigenvalue weighted by Crippen LogP contribution is -2.38. The number of hydrogen-bond donors (Lipinski definition) is 1. The quantitative estimate of drug-likeness (QED) is 0.634. The van der Waals surface area contributed by atoms with Crippen molar-refractivity contribution >= 4 is 17.4 Å². The second-order valence-corrected chi connectivity index (χ2v) is 8.39. The molecule has 29 heavy (non-hydrogen) atoms. The van der Waals surface area contributed by atoms with Gasteiger partial charge in [0.25, 0.3) is 0 Å². The Kier molecular flexibility index (Phi) is 7.56. The highest BCUT2D eigenvalue weighted by atomic mass is 35.5. The van der Waals surface area contributed by atoms with Gasteiger partial charge in [0.05, 0.1) is 13.7 Å². The molecule has 1 aromatic heterocycles. The van der Waals surface area contributed by atoms with Gasteiger partial charge in [-0.3, -0.25) is 4.90 Å². The van der Waals surface area contributed by atoms with Gasteiger partial charge in [-0.1, -0.05) is 19.9 Å². The molecule has 0 bridgehead atoms. The highest BCUT2D eigenvalue weighted by Gasteiger charge is 2.20. The van der Waals surface area contributed by atoms with Crippen LogP contribution in [0.5, 0.6) is 11.5 Å². The molecule has 7 heteroatoms. The summed E-state index contributed by atoms with van der Waals surface area (Å²) in [4.78, 5) is 10.9. The minimum Gasteiger partial charge on any atom is -0.493 e. The van der Waals surface area contributed by atoms with E-state index in [4.69, 9.17) is 21.1 Å². The van der Waals surface area contributed by atoms with Gasteiger partial charge >= 0.3 is 0 Å². The molecule has 158 valence electrons. The molecule has 3 rings (SSSR count). The number of piperidine rings is 1. The first-order chi connectivity index (χ1) is 13.9. The largest absolute Gasteiger partial charge is 0.493 e. The summed E-state index contributed by atoms with van der Waals surface area (Å²) in [5.74, 6) is 2.90. The van der Waals surface area contributed by atoms with E-state index in [9.17, 15) is 0 Å². The molecule has 0 unspecified atom stereocenters. The van der Waals surface area contributed by atoms with Crippen LogP contribution >= 0.6 is 11.6 Å². The molecule has 2 heterocycles. The molecule has 1 aromatic carbocycles. The van der Waals surface area contributed by atoms with Crippen LogP contribution < -0.4 is 14.8 Å². The van der Waals surface area contributed by atoms with Crippen molar-refractivity contribution in [3.05, 3.63) is 40.8 Å². The number of rotatable bonds is 8. The summed E-state index contributed by atoms with van der Waals surface area (Å²) in [5, 5.41) is 3.79. The first-order valence-electron chi connectivity index (χ1n) is 10.2. The smallest absolute Gasteiger partial charge is 0.224 e. The number of methoxy groups -OCH3 is 1. The number of nitrogens with zero attached hydrogens (tertiary/aromatic N) is 3. The number of anilines is 1. The maximum Gasteiger partial charge on any atom is 0.224 e. The highest BCUT2D eigenvalue weighted by molar-refractivity contribution is 6.28. The summed E-state index contributed by atoms with van der Waals surface area (Å²) in [6, 6.07) is 8.57. The predicted octanol–water partition coefficient (Wildman–Crippen LogP) is 4.56. The Bertz CT molecular complexity index is 787. The monoisotopic (exact) mass is 418 g/mol. The minimum absolute atomic E-state index is 0.292. The Morgan fingerprint density at radius 2 is 1.93 bits per heavy atom. The van der Waals surface area contributed by atoms with E-state index in [1.165, 1.54) is 5.56 Å². The van der Waals surface area contributed by atoms with Crippen molar-refractivity contribution in [3.63, 3.8) is 0 Å². The van der Waals surface area contributed by atoms with Crippen LogP contribution in [0.4, 0.5) is 5.82 Å². The van der Waals surface area contributed by atoms with E-state index in [1.807, 2.05) is 19.1 Å². The van der Waals surface area contributed by atoms with Crippen molar-refractivity contribution < 1.29 is 9.47 Å². The molecular weight excluding hydrogens is 388 g/mol. The maximum atomic E-state index is 5.97. The van der Waals surface area contributed by atoms with E-state index in [1.54, 1.807) is 7.11 Å². The minimum atomic E-state index is 0.292. The van der Waals surface area contributed by atoms with Crippen molar-refractivity contribution in [2.45, 2.75) is 46.2 Å². The molecule has 6 nitrogen and oxygen atoms in total. The average Bonchev–Trinajstić information content (AvgIpc) is 2.67. The topological polar surface area (TPSA) is 59.5 Å². The fourth-order valence-corrected chi connectivity index (χ4v) is 3.72. The van der Waals surface area contributed by atoms with Crippen LogP contribution in [0.25, 0.3) is 0 Å². The number of nitrogens with one attached hydrogen (secondary N) is 1. The van der Waals surface area contributed by atoms with E-state index in [0.29, 0.717) is 23.9 Å². The number of hydrogen-bond acceptors (Lipinski definition) is 6. The highest BCUT2D eigenvalue weighted by Crippen LogP contribution is 2.29. The van der Waals surface area contributed by atoms with Gasteiger partial charge in [-0.05, 0) is 55.0 Å². The number of ether oxygens (including phenoxy) is 2. The molecule has 0 atom stereocenters. The molecule has 1 N–H and O–H groups in total. The zero-order chi connectivity index (χ0) is 20.8. The second-order valence-electron chi connectivity index (χ2n) is 8.05. The molecule has 1 aliphatic rings. The molecule has 1 aliphatic heterocycles. The van der Waals surface area contributed by atoms with Crippen molar-refractivity contribution in [1.82, 2.24) is 14.9 Å². The van der Waals surface area contributed by atoms with Crippen molar-refractivity contribution in [2.24, 2.45) is 5.92 Å². The lowest BCUT2D eigenvalue weighted by atomic mass is 10.0. The maximum absolute atomic E-state index is 5.97. The SMILES string of the molecule is COc1ccc(CN2CCC(Nc3cc(C)nc(Cl)n3)CC2)cc1OCC(C)C. The first-order valence-corrected chi connectivity index (χ1v) is 10.6.